The van der Waals surface area contributed by atoms with Crippen LogP contribution in [0.1, 0.15) is 27.7 Å². The normalized spacial score (nSPS) is 11.8. The summed E-state index contributed by atoms with van der Waals surface area (Å²) in [7, 11) is 0. The van der Waals surface area contributed by atoms with Gasteiger partial charge in [0, 0.05) is 0 Å². The monoisotopic (exact) mass is 224 g/mol. The molecule has 0 atom stereocenters. The fourth-order valence-corrected chi connectivity index (χ4v) is 5.77. The van der Waals surface area contributed by atoms with Crippen molar-refractivity contribution in [2.24, 2.45) is 11.8 Å². The smallest absolute Gasteiger partial charge is 0.123 e. The summed E-state index contributed by atoms with van der Waals surface area (Å²) in [4.78, 5) is 0. The molecule has 0 heterocycles. The van der Waals surface area contributed by atoms with Gasteiger partial charge in [0.05, 0.1) is 3.70 Å². The van der Waals surface area contributed by atoms with Crippen molar-refractivity contribution in [2.45, 2.75) is 42.0 Å². The average Bonchev–Trinajstić information content (AvgIpc) is 1.83. The van der Waals surface area contributed by atoms with E-state index < -0.39 is 14.1 Å². The maximum atomic E-state index is 5.96. The van der Waals surface area contributed by atoms with Crippen LogP contribution in [-0.4, -0.2) is 17.8 Å². The van der Waals surface area contributed by atoms with E-state index in [1.165, 1.54) is 10.6 Å². The Balaban J connectivity index is 3.87. The molecule has 0 fully saturated rings. The molecule has 3 heteroatoms. The molecule has 12 heavy (non-hydrogen) atoms. The van der Waals surface area contributed by atoms with Gasteiger partial charge >= 0.3 is 14.1 Å². The van der Waals surface area contributed by atoms with Crippen LogP contribution in [-0.2, 0) is 0 Å². The molecular formula is C9H19AlCl2. The van der Waals surface area contributed by atoms with Crippen LogP contribution >= 0.6 is 23.2 Å². The van der Waals surface area contributed by atoms with Crippen molar-refractivity contribution < 1.29 is 0 Å². The van der Waals surface area contributed by atoms with Gasteiger partial charge < -0.3 is 0 Å². The first-order valence-electron chi connectivity index (χ1n) is 4.71. The van der Waals surface area contributed by atoms with Crippen LogP contribution in [0.4, 0.5) is 0 Å². The molecule has 0 radical (unpaired) electrons. The highest BCUT2D eigenvalue weighted by atomic mass is 35.5. The molecule has 0 aliphatic heterocycles. The Bertz CT molecular complexity index is 103. The highest BCUT2D eigenvalue weighted by Crippen LogP contribution is 2.22. The number of rotatable bonds is 5. The van der Waals surface area contributed by atoms with E-state index in [0.717, 1.165) is 11.8 Å². The molecule has 0 rings (SSSR count). The average molecular weight is 225 g/mol. The Morgan fingerprint density at radius 1 is 0.917 bits per heavy atom. The van der Waals surface area contributed by atoms with Gasteiger partial charge in [0.25, 0.3) is 0 Å². The van der Waals surface area contributed by atoms with Crippen molar-refractivity contribution in [1.29, 1.82) is 0 Å². The van der Waals surface area contributed by atoms with Crippen LogP contribution in [0.3, 0.4) is 0 Å². The largest absolute Gasteiger partial charge is 0.313 e. The molecule has 0 aliphatic rings. The van der Waals surface area contributed by atoms with Gasteiger partial charge in [-0.15, -0.1) is 23.2 Å². The molecule has 0 aromatic rings. The van der Waals surface area contributed by atoms with Gasteiger partial charge in [-0.3, -0.25) is 0 Å². The van der Waals surface area contributed by atoms with Crippen molar-refractivity contribution in [2.75, 3.05) is 0 Å². The molecular weight excluding hydrogens is 206 g/mol. The highest BCUT2D eigenvalue weighted by Gasteiger charge is 2.26. The fraction of sp³-hybridized carbons (Fsp3) is 1.00. The summed E-state index contributed by atoms with van der Waals surface area (Å²) < 4.78 is -0.0604. The molecule has 0 aliphatic carbocycles. The second kappa shape index (κ2) is 6.55. The predicted octanol–water partition coefficient (Wildman–Crippen LogP) is 4.14. The van der Waals surface area contributed by atoms with E-state index in [2.05, 4.69) is 27.7 Å². The number of halogens is 2. The Kier molecular flexibility index (Phi) is 7.16. The summed E-state index contributed by atoms with van der Waals surface area (Å²) >= 11 is 11.0. The van der Waals surface area contributed by atoms with E-state index in [1.54, 1.807) is 0 Å². The lowest BCUT2D eigenvalue weighted by atomic mass is 10.3. The quantitative estimate of drug-likeness (QED) is 0.487. The van der Waals surface area contributed by atoms with E-state index in [9.17, 15) is 0 Å². The molecule has 0 spiro atoms. The van der Waals surface area contributed by atoms with Crippen molar-refractivity contribution in [3.8, 4) is 0 Å². The lowest BCUT2D eigenvalue weighted by Gasteiger charge is -2.16. The van der Waals surface area contributed by atoms with Crippen molar-refractivity contribution in [3.05, 3.63) is 0 Å². The van der Waals surface area contributed by atoms with Gasteiger partial charge in [-0.25, -0.2) is 0 Å². The van der Waals surface area contributed by atoms with E-state index in [0.29, 0.717) is 0 Å². The van der Waals surface area contributed by atoms with Crippen LogP contribution in [0.25, 0.3) is 0 Å². The zero-order valence-electron chi connectivity index (χ0n) is 8.48. The van der Waals surface area contributed by atoms with Crippen molar-refractivity contribution in [1.82, 2.24) is 0 Å². The van der Waals surface area contributed by atoms with Crippen LogP contribution in [0.5, 0.6) is 0 Å². The molecule has 72 valence electrons. The maximum Gasteiger partial charge on any atom is 0.313 e. The molecule has 0 aromatic heterocycles. The van der Waals surface area contributed by atoms with Gasteiger partial charge in [0.2, 0.25) is 0 Å². The van der Waals surface area contributed by atoms with Crippen LogP contribution < -0.4 is 0 Å². The molecule has 0 saturated carbocycles. The summed E-state index contributed by atoms with van der Waals surface area (Å²) in [5, 5.41) is 2.55. The minimum absolute atomic E-state index is 0.0604. The molecule has 0 amide bonds. The Hall–Kier alpha value is 1.11. The summed E-state index contributed by atoms with van der Waals surface area (Å²) in [6, 6.07) is 0. The van der Waals surface area contributed by atoms with Crippen molar-refractivity contribution >= 4 is 37.4 Å². The summed E-state index contributed by atoms with van der Waals surface area (Å²) in [5.74, 6) is 1.50. The standard InChI is InChI=1S/2C4H9.CHCl2.Al/c2*1-4(2)3;2-1-3;/h2*4H,1H2,2-3H3;1H;. The summed E-state index contributed by atoms with van der Waals surface area (Å²) in [6.45, 7) is 8.99. The van der Waals surface area contributed by atoms with Gasteiger partial charge in [0.15, 0.2) is 0 Å². The molecule has 0 bridgehead atoms. The van der Waals surface area contributed by atoms with Crippen LogP contribution in [0, 0.1) is 11.8 Å². The van der Waals surface area contributed by atoms with E-state index in [1.807, 2.05) is 0 Å². The van der Waals surface area contributed by atoms with Gasteiger partial charge in [-0.1, -0.05) is 50.1 Å². The van der Waals surface area contributed by atoms with Crippen molar-refractivity contribution in [3.63, 3.8) is 0 Å². The van der Waals surface area contributed by atoms with E-state index in [-0.39, 0.29) is 3.70 Å². The first-order chi connectivity index (χ1) is 5.43. The number of hydrogen-bond acceptors (Lipinski definition) is 0. The first kappa shape index (κ1) is 13.1. The fourth-order valence-electron chi connectivity index (χ4n) is 1.51. The SMILES string of the molecule is CC(C)[CH2][Al]([CH2]C(C)C)[CH](Cl)Cl. The van der Waals surface area contributed by atoms with Gasteiger partial charge in [-0.2, -0.15) is 0 Å². The lowest BCUT2D eigenvalue weighted by Crippen LogP contribution is -2.25. The maximum absolute atomic E-state index is 5.96. The van der Waals surface area contributed by atoms with E-state index >= 15 is 0 Å². The Labute approximate surface area is 91.0 Å². The van der Waals surface area contributed by atoms with Gasteiger partial charge in [-0.05, 0) is 0 Å². The third kappa shape index (κ3) is 6.61. The number of alkyl halides is 2. The topological polar surface area (TPSA) is 0 Å². The van der Waals surface area contributed by atoms with Gasteiger partial charge in [0.1, 0.15) is 0 Å². The van der Waals surface area contributed by atoms with Crippen LogP contribution in [0.2, 0.25) is 10.6 Å². The molecule has 0 nitrogen and oxygen atoms in total. The highest BCUT2D eigenvalue weighted by molar-refractivity contribution is 6.80. The zero-order chi connectivity index (χ0) is 9.72. The summed E-state index contributed by atoms with van der Waals surface area (Å²) in [6.07, 6.45) is 0. The third-order valence-electron chi connectivity index (χ3n) is 1.90. The minimum Gasteiger partial charge on any atom is -0.123 e. The van der Waals surface area contributed by atoms with Crippen LogP contribution in [0.15, 0.2) is 0 Å². The molecule has 0 N–H and O–H groups in total. The third-order valence-corrected chi connectivity index (χ3v) is 7.85. The molecule has 0 unspecified atom stereocenters. The Morgan fingerprint density at radius 2 is 1.25 bits per heavy atom. The first-order valence-corrected chi connectivity index (χ1v) is 7.88. The second-order valence-electron chi connectivity index (χ2n) is 4.35. The Morgan fingerprint density at radius 3 is 1.42 bits per heavy atom. The lowest BCUT2D eigenvalue weighted by molar-refractivity contribution is 0.690. The second-order valence-corrected chi connectivity index (χ2v) is 9.49. The van der Waals surface area contributed by atoms with E-state index in [4.69, 9.17) is 23.2 Å². The predicted molar refractivity (Wildman–Crippen MR) is 60.5 cm³/mol. The molecule has 0 saturated heterocycles. The zero-order valence-corrected chi connectivity index (χ0v) is 11.1. The minimum atomic E-state index is -0.892. The molecule has 0 aromatic carbocycles. The number of hydrogen-bond donors (Lipinski definition) is 0. The summed E-state index contributed by atoms with van der Waals surface area (Å²) in [5.41, 5.74) is 0.